The number of nitrogens with one attached hydrogen (secondary N) is 1. The number of ether oxygens (including phenoxy) is 3. The van der Waals surface area contributed by atoms with Gasteiger partial charge in [0.1, 0.15) is 11.3 Å². The first-order valence-corrected chi connectivity index (χ1v) is 9.05. The van der Waals surface area contributed by atoms with E-state index in [1.807, 2.05) is 6.92 Å². The lowest BCUT2D eigenvalue weighted by Crippen LogP contribution is -2.57. The molecule has 3 aliphatic rings. The Labute approximate surface area is 156 Å². The summed E-state index contributed by atoms with van der Waals surface area (Å²) >= 11 is 0. The summed E-state index contributed by atoms with van der Waals surface area (Å²) < 4.78 is 16.3. The van der Waals surface area contributed by atoms with Crippen LogP contribution in [-0.4, -0.2) is 42.2 Å². The van der Waals surface area contributed by atoms with Crippen molar-refractivity contribution in [2.75, 3.05) is 13.4 Å². The van der Waals surface area contributed by atoms with E-state index in [1.165, 1.54) is 11.0 Å². The summed E-state index contributed by atoms with van der Waals surface area (Å²) in [5.74, 6) is 0.245. The number of amides is 4. The number of carbonyl (C=O) groups excluding carboxylic acids is 3. The van der Waals surface area contributed by atoms with E-state index in [0.717, 1.165) is 25.7 Å². The zero-order chi connectivity index (χ0) is 19.0. The molecule has 2 heterocycles. The zero-order valence-electron chi connectivity index (χ0n) is 14.9. The molecule has 1 N–H and O–H groups in total. The Morgan fingerprint density at radius 2 is 1.89 bits per heavy atom. The Balaban J connectivity index is 1.72. The van der Waals surface area contributed by atoms with Crippen LogP contribution in [0.3, 0.4) is 0 Å². The fourth-order valence-corrected chi connectivity index (χ4v) is 3.65. The first-order chi connectivity index (χ1) is 13.1. The lowest BCUT2D eigenvalue weighted by atomic mass is 10.0. The third-order valence-corrected chi connectivity index (χ3v) is 4.93. The van der Waals surface area contributed by atoms with Crippen LogP contribution in [-0.2, 0) is 9.59 Å². The minimum absolute atomic E-state index is 0.0960. The minimum atomic E-state index is -0.709. The number of carbonyl (C=O) groups is 3. The van der Waals surface area contributed by atoms with Gasteiger partial charge in [-0.1, -0.05) is 12.8 Å². The molecule has 4 rings (SSSR count). The predicted molar refractivity (Wildman–Crippen MR) is 94.4 cm³/mol. The summed E-state index contributed by atoms with van der Waals surface area (Å²) in [5.41, 5.74) is 0.418. The molecule has 8 heteroatoms. The Hall–Kier alpha value is -3.03. The second kappa shape index (κ2) is 6.94. The molecule has 0 unspecified atom stereocenters. The van der Waals surface area contributed by atoms with E-state index < -0.39 is 17.8 Å². The molecule has 8 nitrogen and oxygen atoms in total. The lowest BCUT2D eigenvalue weighted by molar-refractivity contribution is -0.131. The van der Waals surface area contributed by atoms with Crippen molar-refractivity contribution in [3.05, 3.63) is 23.3 Å². The van der Waals surface area contributed by atoms with Gasteiger partial charge >= 0.3 is 6.03 Å². The molecule has 0 bridgehead atoms. The topological polar surface area (TPSA) is 94.2 Å². The Morgan fingerprint density at radius 1 is 1.19 bits per heavy atom. The molecular weight excluding hydrogens is 352 g/mol. The first-order valence-electron chi connectivity index (χ1n) is 9.05. The molecule has 1 saturated heterocycles. The van der Waals surface area contributed by atoms with Crippen LogP contribution in [0.1, 0.15) is 38.2 Å². The van der Waals surface area contributed by atoms with Gasteiger partial charge < -0.3 is 14.2 Å². The highest BCUT2D eigenvalue weighted by Gasteiger charge is 2.40. The Kier molecular flexibility index (Phi) is 4.47. The van der Waals surface area contributed by atoms with Gasteiger partial charge in [-0.05, 0) is 31.9 Å². The van der Waals surface area contributed by atoms with E-state index in [-0.39, 0.29) is 18.4 Å². The summed E-state index contributed by atoms with van der Waals surface area (Å²) in [4.78, 5) is 38.6. The van der Waals surface area contributed by atoms with E-state index >= 15 is 0 Å². The number of urea groups is 1. The number of nitrogens with zero attached hydrogens (tertiary/aromatic N) is 1. The maximum Gasteiger partial charge on any atom is 0.331 e. The van der Waals surface area contributed by atoms with Crippen molar-refractivity contribution in [1.29, 1.82) is 0 Å². The molecular formula is C19H20N2O6. The Bertz CT molecular complexity index is 841. The predicted octanol–water partition coefficient (Wildman–Crippen LogP) is 2.22. The number of hydrogen-bond donors (Lipinski definition) is 1. The summed E-state index contributed by atoms with van der Waals surface area (Å²) in [7, 11) is 0. The van der Waals surface area contributed by atoms with Crippen LogP contribution in [0.2, 0.25) is 0 Å². The highest BCUT2D eigenvalue weighted by Crippen LogP contribution is 2.39. The standard InChI is InChI=1S/C19H20N2O6/c1-2-25-14-9-16-15(26-10-27-16)8-11(14)7-13-17(22)20-19(24)21(18(13)23)12-5-3-4-6-12/h7-9,12H,2-6,10H2,1H3,(H,20,22,24)/b13-7+. The summed E-state index contributed by atoms with van der Waals surface area (Å²) in [6.07, 6.45) is 4.89. The van der Waals surface area contributed by atoms with Gasteiger partial charge in [0.2, 0.25) is 6.79 Å². The lowest BCUT2D eigenvalue weighted by Gasteiger charge is -2.31. The second-order valence-corrected chi connectivity index (χ2v) is 6.61. The fraction of sp³-hybridized carbons (Fsp3) is 0.421. The molecule has 1 saturated carbocycles. The van der Waals surface area contributed by atoms with E-state index in [9.17, 15) is 14.4 Å². The number of benzene rings is 1. The third kappa shape index (κ3) is 3.11. The van der Waals surface area contributed by atoms with Gasteiger partial charge in [-0.3, -0.25) is 19.8 Å². The SMILES string of the molecule is CCOc1cc2c(cc1/C=C1\C(=O)NC(=O)N(C3CCCC3)C1=O)OCO2. The van der Waals surface area contributed by atoms with Gasteiger partial charge in [-0.2, -0.15) is 0 Å². The third-order valence-electron chi connectivity index (χ3n) is 4.93. The van der Waals surface area contributed by atoms with Crippen molar-refractivity contribution in [3.8, 4) is 17.2 Å². The van der Waals surface area contributed by atoms with Crippen LogP contribution in [0.15, 0.2) is 17.7 Å². The molecule has 0 atom stereocenters. The number of rotatable bonds is 4. The fourth-order valence-electron chi connectivity index (χ4n) is 3.65. The highest BCUT2D eigenvalue weighted by molar-refractivity contribution is 6.31. The van der Waals surface area contributed by atoms with E-state index in [1.54, 1.807) is 12.1 Å². The van der Waals surface area contributed by atoms with E-state index in [2.05, 4.69) is 5.32 Å². The van der Waals surface area contributed by atoms with Gasteiger partial charge in [-0.25, -0.2) is 4.79 Å². The molecule has 2 fully saturated rings. The second-order valence-electron chi connectivity index (χ2n) is 6.61. The first kappa shape index (κ1) is 17.4. The summed E-state index contributed by atoms with van der Waals surface area (Å²) in [6, 6.07) is 2.52. The van der Waals surface area contributed by atoms with Crippen molar-refractivity contribution in [1.82, 2.24) is 10.2 Å². The van der Waals surface area contributed by atoms with Gasteiger partial charge in [-0.15, -0.1) is 0 Å². The number of barbiturate groups is 1. The highest BCUT2D eigenvalue weighted by atomic mass is 16.7. The summed E-state index contributed by atoms with van der Waals surface area (Å²) in [6.45, 7) is 2.34. The quantitative estimate of drug-likeness (QED) is 0.643. The Morgan fingerprint density at radius 3 is 2.59 bits per heavy atom. The van der Waals surface area contributed by atoms with Crippen LogP contribution >= 0.6 is 0 Å². The van der Waals surface area contributed by atoms with Crippen molar-refractivity contribution >= 4 is 23.9 Å². The zero-order valence-corrected chi connectivity index (χ0v) is 14.9. The molecule has 27 heavy (non-hydrogen) atoms. The molecule has 1 aliphatic carbocycles. The average Bonchev–Trinajstić information content (AvgIpc) is 3.30. The molecule has 142 valence electrons. The molecule has 0 radical (unpaired) electrons. The monoisotopic (exact) mass is 372 g/mol. The molecule has 4 amide bonds. The maximum absolute atomic E-state index is 12.9. The van der Waals surface area contributed by atoms with E-state index in [4.69, 9.17) is 14.2 Å². The minimum Gasteiger partial charge on any atom is -0.493 e. The average molecular weight is 372 g/mol. The molecule has 0 spiro atoms. The number of hydrogen-bond acceptors (Lipinski definition) is 6. The number of imide groups is 2. The van der Waals surface area contributed by atoms with Gasteiger partial charge in [0.05, 0.1) is 6.61 Å². The maximum atomic E-state index is 12.9. The van der Waals surface area contributed by atoms with Crippen molar-refractivity contribution in [2.24, 2.45) is 0 Å². The van der Waals surface area contributed by atoms with Crippen LogP contribution in [0.4, 0.5) is 4.79 Å². The van der Waals surface area contributed by atoms with Crippen LogP contribution in [0.5, 0.6) is 17.2 Å². The number of fused-ring (bicyclic) bond motifs is 1. The van der Waals surface area contributed by atoms with Crippen LogP contribution < -0.4 is 19.5 Å². The van der Waals surface area contributed by atoms with Crippen molar-refractivity contribution < 1.29 is 28.6 Å². The van der Waals surface area contributed by atoms with Gasteiger partial charge in [0, 0.05) is 17.7 Å². The summed E-state index contributed by atoms with van der Waals surface area (Å²) in [5, 5.41) is 2.27. The molecule has 1 aromatic rings. The van der Waals surface area contributed by atoms with Crippen LogP contribution in [0, 0.1) is 0 Å². The molecule has 1 aromatic carbocycles. The van der Waals surface area contributed by atoms with Crippen molar-refractivity contribution in [3.63, 3.8) is 0 Å². The van der Waals surface area contributed by atoms with Gasteiger partial charge in [0.25, 0.3) is 11.8 Å². The smallest absolute Gasteiger partial charge is 0.331 e. The van der Waals surface area contributed by atoms with Gasteiger partial charge in [0.15, 0.2) is 11.5 Å². The molecule has 0 aromatic heterocycles. The van der Waals surface area contributed by atoms with Crippen LogP contribution in [0.25, 0.3) is 6.08 Å². The van der Waals surface area contributed by atoms with E-state index in [0.29, 0.717) is 29.4 Å². The normalized spacial score (nSPS) is 21.1. The van der Waals surface area contributed by atoms with Crippen molar-refractivity contribution in [2.45, 2.75) is 38.6 Å². The molecule has 2 aliphatic heterocycles. The largest absolute Gasteiger partial charge is 0.493 e.